The Bertz CT molecular complexity index is 480. The third-order valence-electron chi connectivity index (χ3n) is 2.71. The normalized spacial score (nSPS) is 11.6. The average Bonchev–Trinajstić information content (AvgIpc) is 2.46. The molecule has 0 aliphatic carbocycles. The van der Waals surface area contributed by atoms with E-state index in [2.05, 4.69) is 11.9 Å². The maximum Gasteiger partial charge on any atom is 0.407 e. The highest BCUT2D eigenvalue weighted by Crippen LogP contribution is 2.26. The molecule has 0 aliphatic heterocycles. The van der Waals surface area contributed by atoms with Crippen molar-refractivity contribution in [2.24, 2.45) is 5.73 Å². The van der Waals surface area contributed by atoms with Crippen LogP contribution in [-0.2, 0) is 4.74 Å². The van der Waals surface area contributed by atoms with Crippen LogP contribution in [0.4, 0.5) is 9.18 Å². The topological polar surface area (TPSA) is 73.6 Å². The zero-order valence-electron chi connectivity index (χ0n) is 12.1. The second kappa shape index (κ2) is 8.97. The summed E-state index contributed by atoms with van der Waals surface area (Å²) in [6.45, 7) is 6.23. The van der Waals surface area contributed by atoms with Crippen molar-refractivity contribution in [1.82, 2.24) is 5.32 Å². The number of rotatable bonds is 8. The van der Waals surface area contributed by atoms with E-state index in [1.165, 1.54) is 24.3 Å². The van der Waals surface area contributed by atoms with E-state index in [0.717, 1.165) is 0 Å². The van der Waals surface area contributed by atoms with Crippen LogP contribution in [-0.4, -0.2) is 25.9 Å². The van der Waals surface area contributed by atoms with E-state index in [4.69, 9.17) is 15.2 Å². The van der Waals surface area contributed by atoms with Gasteiger partial charge in [0.25, 0.3) is 0 Å². The van der Waals surface area contributed by atoms with Crippen molar-refractivity contribution < 1.29 is 18.7 Å². The van der Waals surface area contributed by atoms with E-state index in [9.17, 15) is 9.18 Å². The number of halogens is 1. The van der Waals surface area contributed by atoms with Crippen LogP contribution in [0.15, 0.2) is 30.9 Å². The molecule has 116 valence electrons. The molecule has 21 heavy (non-hydrogen) atoms. The molecule has 0 aromatic heterocycles. The van der Waals surface area contributed by atoms with E-state index in [0.29, 0.717) is 30.9 Å². The summed E-state index contributed by atoms with van der Waals surface area (Å²) in [6.07, 6.45) is 1.56. The Morgan fingerprint density at radius 1 is 1.57 bits per heavy atom. The highest BCUT2D eigenvalue weighted by atomic mass is 19.1. The van der Waals surface area contributed by atoms with Gasteiger partial charge in [-0.1, -0.05) is 12.7 Å². The predicted octanol–water partition coefficient (Wildman–Crippen LogP) is 2.53. The van der Waals surface area contributed by atoms with Crippen LogP contribution in [0.25, 0.3) is 0 Å². The Balaban J connectivity index is 2.75. The summed E-state index contributed by atoms with van der Waals surface area (Å²) in [5.74, 6) is 0.116. The van der Waals surface area contributed by atoms with E-state index in [1.807, 2.05) is 0 Å². The van der Waals surface area contributed by atoms with Crippen LogP contribution >= 0.6 is 0 Å². The SMILES string of the molecule is C=CCOC(=O)N[C@H](C)c1cc(F)ccc1OCCCN. The number of hydrogen-bond donors (Lipinski definition) is 2. The van der Waals surface area contributed by atoms with Crippen molar-refractivity contribution in [3.63, 3.8) is 0 Å². The molecule has 0 saturated heterocycles. The Morgan fingerprint density at radius 2 is 2.33 bits per heavy atom. The van der Waals surface area contributed by atoms with E-state index in [-0.39, 0.29) is 6.61 Å². The minimum Gasteiger partial charge on any atom is -0.493 e. The second-order valence-corrected chi connectivity index (χ2v) is 4.43. The van der Waals surface area contributed by atoms with Crippen LogP contribution in [0.5, 0.6) is 5.75 Å². The Morgan fingerprint density at radius 3 is 3.00 bits per heavy atom. The molecule has 0 fully saturated rings. The fraction of sp³-hybridized carbons (Fsp3) is 0.400. The van der Waals surface area contributed by atoms with E-state index < -0.39 is 18.0 Å². The number of benzene rings is 1. The van der Waals surface area contributed by atoms with Crippen LogP contribution in [0.3, 0.4) is 0 Å². The van der Waals surface area contributed by atoms with Gasteiger partial charge in [0.05, 0.1) is 12.6 Å². The molecule has 0 bridgehead atoms. The van der Waals surface area contributed by atoms with Gasteiger partial charge < -0.3 is 20.5 Å². The summed E-state index contributed by atoms with van der Waals surface area (Å²) in [6, 6.07) is 3.72. The minimum atomic E-state index is -0.598. The maximum absolute atomic E-state index is 13.4. The number of amides is 1. The number of ether oxygens (including phenoxy) is 2. The van der Waals surface area contributed by atoms with Crippen molar-refractivity contribution in [3.8, 4) is 5.75 Å². The molecule has 0 saturated carbocycles. The van der Waals surface area contributed by atoms with Gasteiger partial charge in [-0.2, -0.15) is 0 Å². The first kappa shape index (κ1) is 17.0. The molecule has 0 aliphatic rings. The summed E-state index contributed by atoms with van der Waals surface area (Å²) in [5.41, 5.74) is 5.95. The second-order valence-electron chi connectivity index (χ2n) is 4.43. The molecule has 1 amide bonds. The Labute approximate surface area is 123 Å². The fourth-order valence-electron chi connectivity index (χ4n) is 1.69. The largest absolute Gasteiger partial charge is 0.493 e. The smallest absolute Gasteiger partial charge is 0.407 e. The summed E-state index contributed by atoms with van der Waals surface area (Å²) in [5, 5.41) is 2.61. The van der Waals surface area contributed by atoms with Crippen molar-refractivity contribution in [2.75, 3.05) is 19.8 Å². The maximum atomic E-state index is 13.4. The number of nitrogens with one attached hydrogen (secondary N) is 1. The van der Waals surface area contributed by atoms with Gasteiger partial charge in [-0.3, -0.25) is 0 Å². The van der Waals surface area contributed by atoms with Crippen molar-refractivity contribution in [1.29, 1.82) is 0 Å². The third kappa shape index (κ3) is 5.83. The Kier molecular flexibility index (Phi) is 7.25. The first-order chi connectivity index (χ1) is 10.1. The van der Waals surface area contributed by atoms with Gasteiger partial charge >= 0.3 is 6.09 Å². The van der Waals surface area contributed by atoms with Crippen LogP contribution in [0, 0.1) is 5.82 Å². The van der Waals surface area contributed by atoms with Crippen molar-refractivity contribution in [2.45, 2.75) is 19.4 Å². The molecule has 0 heterocycles. The number of alkyl carbamates (subject to hydrolysis) is 1. The van der Waals surface area contributed by atoms with Gasteiger partial charge in [0.2, 0.25) is 0 Å². The van der Waals surface area contributed by atoms with Crippen LogP contribution in [0.2, 0.25) is 0 Å². The molecule has 1 aromatic rings. The summed E-state index contributed by atoms with van der Waals surface area (Å²) in [7, 11) is 0. The van der Waals surface area contributed by atoms with Gasteiger partial charge in [0.15, 0.2) is 0 Å². The monoisotopic (exact) mass is 296 g/mol. The quantitative estimate of drug-likeness (QED) is 0.571. The fourth-order valence-corrected chi connectivity index (χ4v) is 1.69. The van der Waals surface area contributed by atoms with E-state index >= 15 is 0 Å². The molecule has 0 radical (unpaired) electrons. The summed E-state index contributed by atoms with van der Waals surface area (Å²) in [4.78, 5) is 11.5. The van der Waals surface area contributed by atoms with Gasteiger partial charge in [-0.15, -0.1) is 0 Å². The molecule has 1 aromatic carbocycles. The molecule has 5 nitrogen and oxygen atoms in total. The number of hydrogen-bond acceptors (Lipinski definition) is 4. The lowest BCUT2D eigenvalue weighted by Crippen LogP contribution is -2.28. The molecule has 1 rings (SSSR count). The predicted molar refractivity (Wildman–Crippen MR) is 78.7 cm³/mol. The molecular weight excluding hydrogens is 275 g/mol. The lowest BCUT2D eigenvalue weighted by molar-refractivity contribution is 0.154. The molecule has 3 N–H and O–H groups in total. The highest BCUT2D eigenvalue weighted by Gasteiger charge is 2.16. The molecule has 6 heteroatoms. The number of nitrogens with two attached hydrogens (primary N) is 1. The van der Waals surface area contributed by atoms with Gasteiger partial charge in [0.1, 0.15) is 18.2 Å². The van der Waals surface area contributed by atoms with Crippen LogP contribution in [0.1, 0.15) is 24.9 Å². The number of carbonyl (C=O) groups excluding carboxylic acids is 1. The Hall–Kier alpha value is -2.08. The molecular formula is C15H21FN2O3. The van der Waals surface area contributed by atoms with Crippen LogP contribution < -0.4 is 15.8 Å². The first-order valence-corrected chi connectivity index (χ1v) is 6.75. The van der Waals surface area contributed by atoms with Gasteiger partial charge in [-0.25, -0.2) is 9.18 Å². The van der Waals surface area contributed by atoms with Crippen molar-refractivity contribution in [3.05, 3.63) is 42.2 Å². The van der Waals surface area contributed by atoms with E-state index in [1.54, 1.807) is 6.92 Å². The zero-order valence-corrected chi connectivity index (χ0v) is 12.1. The minimum absolute atomic E-state index is 0.113. The first-order valence-electron chi connectivity index (χ1n) is 6.75. The third-order valence-corrected chi connectivity index (χ3v) is 2.71. The lowest BCUT2D eigenvalue weighted by atomic mass is 10.1. The lowest BCUT2D eigenvalue weighted by Gasteiger charge is -2.18. The molecule has 1 atom stereocenters. The highest BCUT2D eigenvalue weighted by molar-refractivity contribution is 5.68. The standard InChI is InChI=1S/C15H21FN2O3/c1-3-8-21-15(19)18-11(2)13-10-12(16)5-6-14(13)20-9-4-7-17/h3,5-6,10-11H,1,4,7-9,17H2,2H3,(H,18,19)/t11-/m1/s1. The van der Waals surface area contributed by atoms with Gasteiger partial charge in [-0.05, 0) is 38.1 Å². The van der Waals surface area contributed by atoms with Crippen molar-refractivity contribution >= 4 is 6.09 Å². The molecule has 0 spiro atoms. The average molecular weight is 296 g/mol. The number of carbonyl (C=O) groups is 1. The zero-order chi connectivity index (χ0) is 15.7. The molecule has 0 unspecified atom stereocenters. The van der Waals surface area contributed by atoms with Gasteiger partial charge in [0, 0.05) is 5.56 Å². The summed E-state index contributed by atoms with van der Waals surface area (Å²) < 4.78 is 23.8. The summed E-state index contributed by atoms with van der Waals surface area (Å²) >= 11 is 0.